The van der Waals surface area contributed by atoms with E-state index in [9.17, 15) is 4.79 Å². The first-order valence-corrected chi connectivity index (χ1v) is 6.37. The lowest BCUT2D eigenvalue weighted by Gasteiger charge is -2.37. The molecule has 0 radical (unpaired) electrons. The molecular weight excluding hydrogens is 202 g/mol. The molecule has 1 fully saturated rings. The van der Waals surface area contributed by atoms with Crippen LogP contribution in [0.1, 0.15) is 33.1 Å². The van der Waals surface area contributed by atoms with Crippen molar-refractivity contribution in [3.8, 4) is 0 Å². The summed E-state index contributed by atoms with van der Waals surface area (Å²) in [4.78, 5) is 13.1. The van der Waals surface area contributed by atoms with Crippen LogP contribution >= 0.6 is 0 Å². The minimum atomic E-state index is -0.195. The second kappa shape index (κ2) is 6.86. The highest BCUT2D eigenvalue weighted by molar-refractivity contribution is 5.73. The van der Waals surface area contributed by atoms with Crippen molar-refractivity contribution in [1.82, 2.24) is 10.2 Å². The molecule has 94 valence electrons. The Morgan fingerprint density at radius 3 is 2.88 bits per heavy atom. The fraction of sp³-hybridized carbons (Fsp3) is 0.917. The molecule has 0 aromatic carbocycles. The van der Waals surface area contributed by atoms with Crippen molar-refractivity contribution in [2.75, 3.05) is 26.2 Å². The highest BCUT2D eigenvalue weighted by Gasteiger charge is 2.25. The largest absolute Gasteiger partial charge is 0.370 e. The van der Waals surface area contributed by atoms with E-state index in [-0.39, 0.29) is 5.91 Å². The summed E-state index contributed by atoms with van der Waals surface area (Å²) in [7, 11) is 0. The Kier molecular flexibility index (Phi) is 5.77. The molecule has 1 rings (SSSR count). The molecule has 1 aliphatic rings. The minimum Gasteiger partial charge on any atom is -0.370 e. The second-order valence-electron chi connectivity index (χ2n) is 4.84. The first-order valence-electron chi connectivity index (χ1n) is 6.37. The van der Waals surface area contributed by atoms with Crippen LogP contribution in [-0.2, 0) is 4.79 Å². The van der Waals surface area contributed by atoms with E-state index in [2.05, 4.69) is 24.1 Å². The lowest BCUT2D eigenvalue weighted by atomic mass is 9.93. The number of nitrogens with two attached hydrogens (primary N) is 1. The van der Waals surface area contributed by atoms with Gasteiger partial charge in [-0.3, -0.25) is 4.79 Å². The molecule has 4 heteroatoms. The van der Waals surface area contributed by atoms with E-state index >= 15 is 0 Å². The Hall–Kier alpha value is -0.610. The van der Waals surface area contributed by atoms with Crippen molar-refractivity contribution in [3.63, 3.8) is 0 Å². The van der Waals surface area contributed by atoms with E-state index in [0.717, 1.165) is 26.2 Å². The van der Waals surface area contributed by atoms with E-state index in [0.29, 0.717) is 18.4 Å². The van der Waals surface area contributed by atoms with Gasteiger partial charge in [-0.1, -0.05) is 13.8 Å². The molecule has 0 spiro atoms. The summed E-state index contributed by atoms with van der Waals surface area (Å²) >= 11 is 0. The molecule has 1 saturated heterocycles. The zero-order chi connectivity index (χ0) is 12.0. The van der Waals surface area contributed by atoms with E-state index in [4.69, 9.17) is 5.73 Å². The molecule has 0 saturated carbocycles. The Balaban J connectivity index is 2.25. The lowest BCUT2D eigenvalue weighted by Crippen LogP contribution is -2.48. The van der Waals surface area contributed by atoms with Gasteiger partial charge in [0.2, 0.25) is 5.91 Å². The van der Waals surface area contributed by atoms with Gasteiger partial charge < -0.3 is 16.0 Å². The van der Waals surface area contributed by atoms with Gasteiger partial charge in [-0.05, 0) is 31.8 Å². The normalized spacial score (nSPS) is 26.9. The molecule has 16 heavy (non-hydrogen) atoms. The van der Waals surface area contributed by atoms with Crippen LogP contribution in [0.15, 0.2) is 0 Å². The van der Waals surface area contributed by atoms with Gasteiger partial charge in [-0.25, -0.2) is 0 Å². The molecular formula is C12H25N3O. The Morgan fingerprint density at radius 2 is 2.31 bits per heavy atom. The summed E-state index contributed by atoms with van der Waals surface area (Å²) in [5.74, 6) is 0.465. The van der Waals surface area contributed by atoms with Crippen molar-refractivity contribution in [3.05, 3.63) is 0 Å². The number of likely N-dealkylation sites (tertiary alicyclic amines) is 1. The van der Waals surface area contributed by atoms with Crippen LogP contribution < -0.4 is 11.1 Å². The molecule has 2 unspecified atom stereocenters. The van der Waals surface area contributed by atoms with Crippen LogP contribution in [0.2, 0.25) is 0 Å². The summed E-state index contributed by atoms with van der Waals surface area (Å²) in [6, 6.07) is 0.643. The van der Waals surface area contributed by atoms with Gasteiger partial charge in [0.1, 0.15) is 0 Å². The van der Waals surface area contributed by atoms with Gasteiger partial charge >= 0.3 is 0 Å². The quantitative estimate of drug-likeness (QED) is 0.697. The van der Waals surface area contributed by atoms with E-state index in [1.54, 1.807) is 0 Å². The zero-order valence-corrected chi connectivity index (χ0v) is 10.5. The number of amides is 1. The number of hydrogen-bond donors (Lipinski definition) is 2. The molecule has 1 heterocycles. The lowest BCUT2D eigenvalue weighted by molar-refractivity contribution is -0.118. The average molecular weight is 227 g/mol. The molecule has 1 aliphatic heterocycles. The predicted octanol–water partition coefficient (Wildman–Crippen LogP) is 0.572. The summed E-state index contributed by atoms with van der Waals surface area (Å²) in [5, 5.41) is 3.59. The third-order valence-electron chi connectivity index (χ3n) is 3.32. The topological polar surface area (TPSA) is 58.4 Å². The van der Waals surface area contributed by atoms with Crippen molar-refractivity contribution in [1.29, 1.82) is 0 Å². The molecule has 0 aliphatic carbocycles. The third kappa shape index (κ3) is 4.49. The summed E-state index contributed by atoms with van der Waals surface area (Å²) in [5.41, 5.74) is 5.16. The maximum absolute atomic E-state index is 10.7. The van der Waals surface area contributed by atoms with E-state index < -0.39 is 0 Å². The van der Waals surface area contributed by atoms with Crippen molar-refractivity contribution >= 4 is 5.91 Å². The van der Waals surface area contributed by atoms with Gasteiger partial charge in [0.15, 0.2) is 0 Å². The number of rotatable bonds is 6. The van der Waals surface area contributed by atoms with Crippen molar-refractivity contribution in [2.45, 2.75) is 39.2 Å². The van der Waals surface area contributed by atoms with Gasteiger partial charge in [-0.2, -0.15) is 0 Å². The maximum atomic E-state index is 10.7. The number of piperidine rings is 1. The first kappa shape index (κ1) is 13.5. The zero-order valence-electron chi connectivity index (χ0n) is 10.5. The van der Waals surface area contributed by atoms with E-state index in [1.807, 2.05) is 0 Å². The Morgan fingerprint density at radius 1 is 1.56 bits per heavy atom. The van der Waals surface area contributed by atoms with Crippen LogP contribution in [0.25, 0.3) is 0 Å². The third-order valence-corrected chi connectivity index (χ3v) is 3.32. The highest BCUT2D eigenvalue weighted by Crippen LogP contribution is 2.16. The van der Waals surface area contributed by atoms with Crippen LogP contribution in [0.3, 0.4) is 0 Å². The molecule has 4 nitrogen and oxygen atoms in total. The van der Waals surface area contributed by atoms with Crippen molar-refractivity contribution < 1.29 is 4.79 Å². The van der Waals surface area contributed by atoms with Crippen LogP contribution in [0.4, 0.5) is 0 Å². The van der Waals surface area contributed by atoms with E-state index in [1.165, 1.54) is 12.8 Å². The van der Waals surface area contributed by atoms with Gasteiger partial charge in [0.25, 0.3) is 0 Å². The molecule has 0 bridgehead atoms. The number of carbonyl (C=O) groups excluding carboxylic acids is 1. The molecule has 1 amide bonds. The fourth-order valence-electron chi connectivity index (χ4n) is 2.34. The standard InChI is InChI=1S/C12H25N3O/c1-3-6-14-11-4-7-15(9-10(11)2)8-5-12(13)16/h10-11,14H,3-9H2,1-2H3,(H2,13,16). The molecule has 0 aromatic rings. The van der Waals surface area contributed by atoms with Crippen molar-refractivity contribution in [2.24, 2.45) is 11.7 Å². The molecule has 2 atom stereocenters. The van der Waals surface area contributed by atoms with Gasteiger partial charge in [-0.15, -0.1) is 0 Å². The maximum Gasteiger partial charge on any atom is 0.218 e. The Bertz CT molecular complexity index is 220. The summed E-state index contributed by atoms with van der Waals surface area (Å²) in [6.07, 6.45) is 2.86. The Labute approximate surface area is 98.6 Å². The number of primary amides is 1. The van der Waals surface area contributed by atoms with Crippen LogP contribution in [-0.4, -0.2) is 43.0 Å². The van der Waals surface area contributed by atoms with Gasteiger partial charge in [0.05, 0.1) is 0 Å². The molecule has 3 N–H and O–H groups in total. The minimum absolute atomic E-state index is 0.195. The number of nitrogens with zero attached hydrogens (tertiary/aromatic N) is 1. The second-order valence-corrected chi connectivity index (χ2v) is 4.84. The predicted molar refractivity (Wildman–Crippen MR) is 66.1 cm³/mol. The summed E-state index contributed by atoms with van der Waals surface area (Å²) < 4.78 is 0. The average Bonchev–Trinajstić information content (AvgIpc) is 2.25. The molecule has 0 aromatic heterocycles. The number of hydrogen-bond acceptors (Lipinski definition) is 3. The first-order chi connectivity index (χ1) is 7.63. The van der Waals surface area contributed by atoms with Crippen LogP contribution in [0.5, 0.6) is 0 Å². The van der Waals surface area contributed by atoms with Gasteiger partial charge in [0, 0.05) is 25.6 Å². The van der Waals surface area contributed by atoms with Crippen LogP contribution in [0, 0.1) is 5.92 Å². The number of nitrogens with one attached hydrogen (secondary N) is 1. The smallest absolute Gasteiger partial charge is 0.218 e. The highest BCUT2D eigenvalue weighted by atomic mass is 16.1. The SMILES string of the molecule is CCCNC1CCN(CCC(N)=O)CC1C. The monoisotopic (exact) mass is 227 g/mol. The summed E-state index contributed by atoms with van der Waals surface area (Å²) in [6.45, 7) is 8.56. The fourth-order valence-corrected chi connectivity index (χ4v) is 2.34. The number of carbonyl (C=O) groups is 1.